The molecule has 3 aromatic rings. The van der Waals surface area contributed by atoms with Crippen LogP contribution in [0, 0.1) is 6.08 Å². The van der Waals surface area contributed by atoms with Crippen LogP contribution in [0.15, 0.2) is 24.5 Å². The molecule has 2 aromatic heterocycles. The van der Waals surface area contributed by atoms with Gasteiger partial charge in [-0.3, -0.25) is 4.57 Å². The van der Waals surface area contributed by atoms with Gasteiger partial charge in [0.15, 0.2) is 17.0 Å². The number of imidazole rings is 1. The molecule has 1 aliphatic rings. The molecule has 1 N–H and O–H groups in total. The van der Waals surface area contributed by atoms with Gasteiger partial charge in [-0.25, -0.2) is 4.98 Å². The fourth-order valence-electron chi connectivity index (χ4n) is 3.35. The highest BCUT2D eigenvalue weighted by molar-refractivity contribution is 5.86. The van der Waals surface area contributed by atoms with Gasteiger partial charge in [0.2, 0.25) is 0 Å². The van der Waals surface area contributed by atoms with Crippen LogP contribution < -0.4 is 14.8 Å². The summed E-state index contributed by atoms with van der Waals surface area (Å²) >= 11 is 0. The van der Waals surface area contributed by atoms with Crippen molar-refractivity contribution in [3.8, 4) is 11.5 Å². The van der Waals surface area contributed by atoms with Gasteiger partial charge in [0.05, 0.1) is 26.2 Å². The molecular weight excluding hydrogens is 365 g/mol. The van der Waals surface area contributed by atoms with Crippen LogP contribution in [-0.4, -0.2) is 40.3 Å². The number of hydrogen-bond donors (Lipinski definition) is 1. The van der Waals surface area contributed by atoms with Crippen molar-refractivity contribution in [3.05, 3.63) is 30.6 Å². The van der Waals surface area contributed by atoms with Crippen LogP contribution in [0.4, 0.5) is 15.9 Å². The van der Waals surface area contributed by atoms with E-state index in [1.165, 1.54) is 0 Å². The van der Waals surface area contributed by atoms with Crippen molar-refractivity contribution in [1.29, 1.82) is 0 Å². The van der Waals surface area contributed by atoms with E-state index in [2.05, 4.69) is 20.3 Å². The number of hydrogen-bond acceptors (Lipinski definition) is 7. The molecular formula is C19H22FN5O3. The summed E-state index contributed by atoms with van der Waals surface area (Å²) in [6.07, 6.45) is 4.61. The number of rotatable bonds is 5. The van der Waals surface area contributed by atoms with Gasteiger partial charge >= 0.3 is 6.08 Å². The van der Waals surface area contributed by atoms with Crippen LogP contribution in [-0.2, 0) is 4.74 Å². The third kappa shape index (κ3) is 3.57. The van der Waals surface area contributed by atoms with Crippen molar-refractivity contribution < 1.29 is 18.6 Å². The zero-order chi connectivity index (χ0) is 19.5. The predicted octanol–water partition coefficient (Wildman–Crippen LogP) is 3.82. The van der Waals surface area contributed by atoms with Gasteiger partial charge in [0.25, 0.3) is 0 Å². The van der Waals surface area contributed by atoms with Crippen LogP contribution >= 0.6 is 0 Å². The molecule has 9 heteroatoms. The third-order valence-electron chi connectivity index (χ3n) is 4.77. The monoisotopic (exact) mass is 387 g/mol. The lowest BCUT2D eigenvalue weighted by molar-refractivity contribution is 0.00928. The molecule has 1 atom stereocenters. The summed E-state index contributed by atoms with van der Waals surface area (Å²) < 4.78 is 32.5. The summed E-state index contributed by atoms with van der Waals surface area (Å²) in [7, 11) is 3.13. The number of fused-ring (bicyclic) bond motifs is 1. The number of nitrogens with one attached hydrogen (secondary N) is 1. The molecule has 0 bridgehead atoms. The Morgan fingerprint density at radius 3 is 2.89 bits per heavy atom. The number of aromatic nitrogens is 4. The molecule has 148 valence electrons. The Kier molecular flexibility index (Phi) is 5.25. The lowest BCUT2D eigenvalue weighted by Crippen LogP contribution is -2.12. The summed E-state index contributed by atoms with van der Waals surface area (Å²) in [6, 6.07) is 5.28. The van der Waals surface area contributed by atoms with E-state index in [-0.39, 0.29) is 12.0 Å². The van der Waals surface area contributed by atoms with E-state index in [1.54, 1.807) is 43.3 Å². The number of methoxy groups -OCH3 is 2. The SMILES string of the molecule is COc1ccc(OC)c(Nc2nc(F)nc3c2ncn3C2CCCCCO2)c1. The molecule has 0 radical (unpaired) electrons. The first-order valence-corrected chi connectivity index (χ1v) is 9.20. The van der Waals surface area contributed by atoms with Crippen LogP contribution in [0.3, 0.4) is 0 Å². The van der Waals surface area contributed by atoms with E-state index >= 15 is 0 Å². The summed E-state index contributed by atoms with van der Waals surface area (Å²) in [5.41, 5.74) is 1.43. The smallest absolute Gasteiger partial charge is 0.312 e. The fraction of sp³-hybridized carbons (Fsp3) is 0.421. The summed E-state index contributed by atoms with van der Waals surface area (Å²) in [6.45, 7) is 0.671. The van der Waals surface area contributed by atoms with E-state index in [9.17, 15) is 4.39 Å². The maximum atomic E-state index is 14.2. The number of benzene rings is 1. The Labute approximate surface area is 161 Å². The van der Waals surface area contributed by atoms with Gasteiger partial charge in [-0.05, 0) is 31.4 Å². The first-order valence-electron chi connectivity index (χ1n) is 9.20. The zero-order valence-corrected chi connectivity index (χ0v) is 15.8. The van der Waals surface area contributed by atoms with Crippen molar-refractivity contribution in [2.75, 3.05) is 26.1 Å². The largest absolute Gasteiger partial charge is 0.497 e. The maximum absolute atomic E-state index is 14.2. The van der Waals surface area contributed by atoms with E-state index in [1.807, 2.05) is 0 Å². The summed E-state index contributed by atoms with van der Waals surface area (Å²) in [5.74, 6) is 1.45. The second kappa shape index (κ2) is 7.97. The van der Waals surface area contributed by atoms with Gasteiger partial charge in [-0.2, -0.15) is 14.4 Å². The Bertz CT molecular complexity index is 970. The first kappa shape index (κ1) is 18.4. The lowest BCUT2D eigenvalue weighted by atomic mass is 10.2. The highest BCUT2D eigenvalue weighted by Crippen LogP contribution is 2.33. The van der Waals surface area contributed by atoms with Crippen LogP contribution in [0.25, 0.3) is 11.2 Å². The van der Waals surface area contributed by atoms with Crippen LogP contribution in [0.5, 0.6) is 11.5 Å². The Hall–Kier alpha value is -2.94. The second-order valence-electron chi connectivity index (χ2n) is 6.53. The molecule has 0 aliphatic carbocycles. The van der Waals surface area contributed by atoms with Crippen molar-refractivity contribution in [2.24, 2.45) is 0 Å². The molecule has 0 amide bonds. The van der Waals surface area contributed by atoms with Crippen molar-refractivity contribution in [1.82, 2.24) is 19.5 Å². The van der Waals surface area contributed by atoms with Gasteiger partial charge in [-0.1, -0.05) is 6.42 Å². The minimum Gasteiger partial charge on any atom is -0.497 e. The Balaban J connectivity index is 1.74. The molecule has 28 heavy (non-hydrogen) atoms. The molecule has 1 unspecified atom stereocenters. The molecule has 8 nitrogen and oxygen atoms in total. The quantitative estimate of drug-likeness (QED) is 0.667. The van der Waals surface area contributed by atoms with Crippen molar-refractivity contribution in [2.45, 2.75) is 31.9 Å². The summed E-state index contributed by atoms with van der Waals surface area (Å²) in [5, 5.41) is 3.10. The normalized spacial score (nSPS) is 17.3. The molecule has 0 spiro atoms. The van der Waals surface area contributed by atoms with Gasteiger partial charge in [0, 0.05) is 12.7 Å². The van der Waals surface area contributed by atoms with Gasteiger partial charge in [0.1, 0.15) is 17.7 Å². The first-order chi connectivity index (χ1) is 13.7. The van der Waals surface area contributed by atoms with E-state index in [0.717, 1.165) is 25.7 Å². The molecule has 0 saturated carbocycles. The molecule has 4 rings (SSSR count). The Morgan fingerprint density at radius 1 is 1.18 bits per heavy atom. The zero-order valence-electron chi connectivity index (χ0n) is 15.8. The van der Waals surface area contributed by atoms with E-state index < -0.39 is 6.08 Å². The van der Waals surface area contributed by atoms with Crippen molar-refractivity contribution >= 4 is 22.7 Å². The average Bonchev–Trinajstić information content (AvgIpc) is 2.94. The number of anilines is 2. The topological polar surface area (TPSA) is 83.3 Å². The molecule has 3 heterocycles. The third-order valence-corrected chi connectivity index (χ3v) is 4.77. The standard InChI is InChI=1S/C19H22FN5O3/c1-26-12-7-8-14(27-2)13(10-12)22-17-16-18(24-19(20)23-17)25(11-21-16)15-6-4-3-5-9-28-15/h7-8,10-11,15H,3-6,9H2,1-2H3,(H,22,23,24). The minimum absolute atomic E-state index is 0.207. The van der Waals surface area contributed by atoms with E-state index in [4.69, 9.17) is 14.2 Å². The fourth-order valence-corrected chi connectivity index (χ4v) is 3.35. The predicted molar refractivity (Wildman–Crippen MR) is 102 cm³/mol. The second-order valence-corrected chi connectivity index (χ2v) is 6.53. The molecule has 1 aromatic carbocycles. The number of ether oxygens (including phenoxy) is 3. The van der Waals surface area contributed by atoms with Crippen LogP contribution in [0.1, 0.15) is 31.9 Å². The molecule has 1 saturated heterocycles. The van der Waals surface area contributed by atoms with Gasteiger partial charge in [-0.15, -0.1) is 0 Å². The Morgan fingerprint density at radius 2 is 2.07 bits per heavy atom. The lowest BCUT2D eigenvalue weighted by Gasteiger charge is -2.17. The van der Waals surface area contributed by atoms with Crippen molar-refractivity contribution in [3.63, 3.8) is 0 Å². The molecule has 1 fully saturated rings. The van der Waals surface area contributed by atoms with Gasteiger partial charge < -0.3 is 19.5 Å². The highest BCUT2D eigenvalue weighted by atomic mass is 19.1. The minimum atomic E-state index is -0.841. The number of nitrogens with zero attached hydrogens (tertiary/aromatic N) is 4. The van der Waals surface area contributed by atoms with E-state index in [0.29, 0.717) is 35.0 Å². The highest BCUT2D eigenvalue weighted by Gasteiger charge is 2.21. The average molecular weight is 387 g/mol. The summed E-state index contributed by atoms with van der Waals surface area (Å²) in [4.78, 5) is 12.3. The molecule has 1 aliphatic heterocycles. The number of halogens is 1. The maximum Gasteiger partial charge on any atom is 0.312 e. The van der Waals surface area contributed by atoms with Crippen LogP contribution in [0.2, 0.25) is 0 Å².